The van der Waals surface area contributed by atoms with Gasteiger partial charge in [0.1, 0.15) is 0 Å². The number of rotatable bonds is 3. The zero-order chi connectivity index (χ0) is 14.8. The summed E-state index contributed by atoms with van der Waals surface area (Å²) >= 11 is 11.7. The minimum Gasteiger partial charge on any atom is -0.329 e. The van der Waals surface area contributed by atoms with Crippen LogP contribution >= 0.6 is 39.3 Å². The van der Waals surface area contributed by atoms with E-state index in [4.69, 9.17) is 17.3 Å². The molecule has 1 saturated heterocycles. The summed E-state index contributed by atoms with van der Waals surface area (Å²) in [5, 5.41) is 0.755. The Morgan fingerprint density at radius 1 is 1.45 bits per heavy atom. The van der Waals surface area contributed by atoms with Crippen LogP contribution in [0.2, 0.25) is 5.02 Å². The smallest absolute Gasteiger partial charge is 0.0551 e. The van der Waals surface area contributed by atoms with E-state index in [2.05, 4.69) is 52.5 Å². The first kappa shape index (κ1) is 16.6. The summed E-state index contributed by atoms with van der Waals surface area (Å²) in [5.74, 6) is 1.16. The second-order valence-corrected chi connectivity index (χ2v) is 8.88. The van der Waals surface area contributed by atoms with Crippen molar-refractivity contribution in [1.29, 1.82) is 0 Å². The Bertz CT molecular complexity index is 467. The maximum absolute atomic E-state index is 6.22. The number of hydrogen-bond acceptors (Lipinski definition) is 3. The molecule has 1 unspecified atom stereocenters. The van der Waals surface area contributed by atoms with Crippen LogP contribution < -0.4 is 5.73 Å². The fraction of sp³-hybridized carbons (Fsp3) is 0.600. The Hall–Kier alpha value is 0.260. The van der Waals surface area contributed by atoms with Crippen molar-refractivity contribution in [2.45, 2.75) is 31.1 Å². The van der Waals surface area contributed by atoms with Gasteiger partial charge in [0.05, 0.1) is 5.02 Å². The van der Waals surface area contributed by atoms with Crippen molar-refractivity contribution >= 4 is 39.3 Å². The molecule has 1 atom stereocenters. The lowest BCUT2D eigenvalue weighted by molar-refractivity contribution is 0.211. The van der Waals surface area contributed by atoms with Crippen LogP contribution in [0.1, 0.15) is 31.9 Å². The highest BCUT2D eigenvalue weighted by Gasteiger charge is 2.27. The summed E-state index contributed by atoms with van der Waals surface area (Å²) in [5.41, 5.74) is 7.25. The maximum Gasteiger partial charge on any atom is 0.0551 e. The van der Waals surface area contributed by atoms with E-state index in [-0.39, 0.29) is 6.04 Å². The van der Waals surface area contributed by atoms with Crippen LogP contribution in [-0.4, -0.2) is 35.0 Å². The van der Waals surface area contributed by atoms with Crippen molar-refractivity contribution in [3.8, 4) is 0 Å². The van der Waals surface area contributed by atoms with Crippen LogP contribution in [-0.2, 0) is 0 Å². The number of nitrogens with zero attached hydrogens (tertiary/aromatic N) is 1. The normalized spacial score (nSPS) is 21.4. The van der Waals surface area contributed by atoms with Gasteiger partial charge in [-0.25, -0.2) is 0 Å². The van der Waals surface area contributed by atoms with Gasteiger partial charge in [0.2, 0.25) is 0 Å². The van der Waals surface area contributed by atoms with Gasteiger partial charge in [0.15, 0.2) is 0 Å². The van der Waals surface area contributed by atoms with E-state index in [0.717, 1.165) is 28.3 Å². The van der Waals surface area contributed by atoms with Crippen molar-refractivity contribution in [3.05, 3.63) is 33.3 Å². The van der Waals surface area contributed by atoms with Crippen molar-refractivity contribution in [2.24, 2.45) is 5.73 Å². The van der Waals surface area contributed by atoms with Gasteiger partial charge in [-0.05, 0) is 40.0 Å². The molecule has 0 saturated carbocycles. The minimum absolute atomic E-state index is 0.259. The lowest BCUT2D eigenvalue weighted by Gasteiger charge is -2.30. The molecule has 2 rings (SSSR count). The third-order valence-electron chi connectivity index (χ3n) is 3.86. The first-order valence-electron chi connectivity index (χ1n) is 6.96. The SMILES string of the molecule is CC1(C)CCN(C(CN)c2ccc(Br)c(Cl)c2)CCS1. The van der Waals surface area contributed by atoms with Gasteiger partial charge < -0.3 is 5.73 Å². The second kappa shape index (κ2) is 7.01. The Morgan fingerprint density at radius 3 is 2.85 bits per heavy atom. The van der Waals surface area contributed by atoms with E-state index < -0.39 is 0 Å². The average Bonchev–Trinajstić information content (AvgIpc) is 2.56. The molecule has 1 aromatic carbocycles. The number of benzene rings is 1. The average molecular weight is 378 g/mol. The molecule has 1 fully saturated rings. The molecule has 1 aliphatic rings. The third kappa shape index (κ3) is 4.14. The molecule has 0 bridgehead atoms. The zero-order valence-electron chi connectivity index (χ0n) is 12.0. The molecular weight excluding hydrogens is 356 g/mol. The Kier molecular flexibility index (Phi) is 5.83. The minimum atomic E-state index is 0.259. The Labute approximate surface area is 139 Å². The lowest BCUT2D eigenvalue weighted by Crippen LogP contribution is -2.35. The first-order valence-corrected chi connectivity index (χ1v) is 9.11. The largest absolute Gasteiger partial charge is 0.329 e. The summed E-state index contributed by atoms with van der Waals surface area (Å²) in [6.07, 6.45) is 1.19. The molecule has 0 aliphatic carbocycles. The first-order chi connectivity index (χ1) is 9.43. The molecule has 2 nitrogen and oxygen atoms in total. The predicted molar refractivity (Wildman–Crippen MR) is 93.7 cm³/mol. The van der Waals surface area contributed by atoms with Crippen LogP contribution in [0, 0.1) is 0 Å². The van der Waals surface area contributed by atoms with Crippen LogP contribution in [0.4, 0.5) is 0 Å². The summed E-state index contributed by atoms with van der Waals surface area (Å²) in [7, 11) is 0. The quantitative estimate of drug-likeness (QED) is 0.850. The summed E-state index contributed by atoms with van der Waals surface area (Å²) in [6.45, 7) is 7.46. The highest BCUT2D eigenvalue weighted by molar-refractivity contribution is 9.10. The molecule has 2 N–H and O–H groups in total. The molecule has 0 aromatic heterocycles. The molecule has 1 aromatic rings. The molecule has 0 amide bonds. The van der Waals surface area contributed by atoms with Crippen LogP contribution in [0.3, 0.4) is 0 Å². The molecule has 20 heavy (non-hydrogen) atoms. The predicted octanol–water partition coefficient (Wildman–Crippen LogP) is 4.32. The molecule has 1 aliphatic heterocycles. The molecule has 5 heteroatoms. The molecule has 1 heterocycles. The van der Waals surface area contributed by atoms with Gasteiger partial charge in [-0.15, -0.1) is 0 Å². The summed E-state index contributed by atoms with van der Waals surface area (Å²) in [6, 6.07) is 6.43. The zero-order valence-corrected chi connectivity index (χ0v) is 15.2. The fourth-order valence-electron chi connectivity index (χ4n) is 2.56. The second-order valence-electron chi connectivity index (χ2n) is 5.82. The fourth-order valence-corrected chi connectivity index (χ4v) is 4.11. The van der Waals surface area contributed by atoms with Gasteiger partial charge in [0.25, 0.3) is 0 Å². The van der Waals surface area contributed by atoms with Gasteiger partial charge in [0, 0.05) is 40.6 Å². The number of thioether (sulfide) groups is 1. The van der Waals surface area contributed by atoms with Crippen molar-refractivity contribution < 1.29 is 0 Å². The van der Waals surface area contributed by atoms with E-state index >= 15 is 0 Å². The Morgan fingerprint density at radius 2 is 2.20 bits per heavy atom. The molecule has 0 spiro atoms. The lowest BCUT2D eigenvalue weighted by atomic mass is 10.0. The molecular formula is C15H22BrClN2S. The van der Waals surface area contributed by atoms with Crippen molar-refractivity contribution in [1.82, 2.24) is 4.90 Å². The number of nitrogens with two attached hydrogens (primary N) is 1. The van der Waals surface area contributed by atoms with Gasteiger partial charge in [-0.2, -0.15) is 11.8 Å². The highest BCUT2D eigenvalue weighted by atomic mass is 79.9. The van der Waals surface area contributed by atoms with Crippen LogP contribution in [0.25, 0.3) is 0 Å². The third-order valence-corrected chi connectivity index (χ3v) is 6.47. The Balaban J connectivity index is 2.17. The standard InChI is InChI=1S/C15H22BrClN2S/c1-15(2)5-6-19(7-8-20-15)14(10-18)11-3-4-12(16)13(17)9-11/h3-4,9,14H,5-8,10,18H2,1-2H3. The van der Waals surface area contributed by atoms with E-state index in [0.29, 0.717) is 11.3 Å². The molecule has 0 radical (unpaired) electrons. The van der Waals surface area contributed by atoms with Gasteiger partial charge in [-0.1, -0.05) is 31.5 Å². The summed E-state index contributed by atoms with van der Waals surface area (Å²) < 4.78 is 1.30. The van der Waals surface area contributed by atoms with E-state index in [9.17, 15) is 0 Å². The highest BCUT2D eigenvalue weighted by Crippen LogP contribution is 2.34. The maximum atomic E-state index is 6.22. The van der Waals surface area contributed by atoms with Crippen LogP contribution in [0.15, 0.2) is 22.7 Å². The van der Waals surface area contributed by atoms with Crippen molar-refractivity contribution in [2.75, 3.05) is 25.4 Å². The van der Waals surface area contributed by atoms with Gasteiger partial charge in [-0.3, -0.25) is 4.90 Å². The topological polar surface area (TPSA) is 29.3 Å². The molecule has 112 valence electrons. The van der Waals surface area contributed by atoms with E-state index in [1.165, 1.54) is 12.0 Å². The monoisotopic (exact) mass is 376 g/mol. The number of hydrogen-bond donors (Lipinski definition) is 1. The van der Waals surface area contributed by atoms with E-state index in [1.807, 2.05) is 12.1 Å². The number of halogens is 2. The van der Waals surface area contributed by atoms with Gasteiger partial charge >= 0.3 is 0 Å². The van der Waals surface area contributed by atoms with Crippen molar-refractivity contribution in [3.63, 3.8) is 0 Å². The van der Waals surface area contributed by atoms with E-state index in [1.54, 1.807) is 0 Å². The van der Waals surface area contributed by atoms with Crippen LogP contribution in [0.5, 0.6) is 0 Å². The summed E-state index contributed by atoms with van der Waals surface area (Å²) in [4.78, 5) is 2.50.